The number of hydrogen-bond donors (Lipinski definition) is 1. The van der Waals surface area contributed by atoms with Crippen LogP contribution in [0.1, 0.15) is 87.1 Å². The maximum absolute atomic E-state index is 12.6. The van der Waals surface area contributed by atoms with E-state index in [-0.39, 0.29) is 12.1 Å². The maximum Gasteiger partial charge on any atom is 0.318 e. The Morgan fingerprint density at radius 3 is 2.64 bits per heavy atom. The van der Waals surface area contributed by atoms with Gasteiger partial charge in [0.05, 0.1) is 12.2 Å². The topological polar surface area (TPSA) is 89.1 Å². The van der Waals surface area contributed by atoms with Crippen molar-refractivity contribution in [2.75, 3.05) is 13.1 Å². The van der Waals surface area contributed by atoms with Crippen LogP contribution in [-0.4, -0.2) is 43.9 Å². The van der Waals surface area contributed by atoms with Gasteiger partial charge in [0.1, 0.15) is 6.04 Å². The predicted molar refractivity (Wildman–Crippen MR) is 104 cm³/mol. The molecule has 2 aromatic rings. The monoisotopic (exact) mass is 386 g/mol. The van der Waals surface area contributed by atoms with Crippen molar-refractivity contribution < 1.29 is 9.32 Å². The van der Waals surface area contributed by atoms with Crippen molar-refractivity contribution in [3.05, 3.63) is 29.7 Å². The zero-order valence-electron chi connectivity index (χ0n) is 16.8. The van der Waals surface area contributed by atoms with Crippen LogP contribution < -0.4 is 5.32 Å². The summed E-state index contributed by atoms with van der Waals surface area (Å²) in [5, 5.41) is 11.6. The van der Waals surface area contributed by atoms with Crippen LogP contribution in [0.2, 0.25) is 0 Å². The van der Waals surface area contributed by atoms with Gasteiger partial charge in [-0.3, -0.25) is 4.68 Å². The minimum Gasteiger partial charge on any atom is -0.337 e. The highest BCUT2D eigenvalue weighted by molar-refractivity contribution is 5.74. The van der Waals surface area contributed by atoms with Crippen molar-refractivity contribution in [2.45, 2.75) is 76.8 Å². The highest BCUT2D eigenvalue weighted by Gasteiger charge is 2.27. The first-order valence-corrected chi connectivity index (χ1v) is 10.5. The summed E-state index contributed by atoms with van der Waals surface area (Å²) in [6, 6.07) is 0.00741. The number of piperidine rings is 1. The Morgan fingerprint density at radius 2 is 1.96 bits per heavy atom. The van der Waals surface area contributed by atoms with Gasteiger partial charge < -0.3 is 14.7 Å². The Morgan fingerprint density at radius 1 is 1.21 bits per heavy atom. The van der Waals surface area contributed by atoms with Gasteiger partial charge in [-0.2, -0.15) is 10.1 Å². The summed E-state index contributed by atoms with van der Waals surface area (Å²) < 4.78 is 7.47. The van der Waals surface area contributed by atoms with E-state index in [1.165, 1.54) is 24.8 Å². The first-order valence-electron chi connectivity index (χ1n) is 10.5. The van der Waals surface area contributed by atoms with Crippen LogP contribution in [0.15, 0.2) is 16.9 Å². The minimum absolute atomic E-state index is 0.0694. The fourth-order valence-corrected chi connectivity index (χ4v) is 4.25. The Bertz CT molecular complexity index is 786. The smallest absolute Gasteiger partial charge is 0.318 e. The van der Waals surface area contributed by atoms with Crippen LogP contribution in [0.3, 0.4) is 0 Å². The van der Waals surface area contributed by atoms with Gasteiger partial charge in [-0.05, 0) is 45.1 Å². The first-order chi connectivity index (χ1) is 13.6. The number of nitrogens with zero attached hydrogens (tertiary/aromatic N) is 5. The second-order valence-electron chi connectivity index (χ2n) is 8.21. The molecule has 2 amide bonds. The van der Waals surface area contributed by atoms with Crippen molar-refractivity contribution >= 4 is 6.03 Å². The van der Waals surface area contributed by atoms with Crippen LogP contribution in [-0.2, 0) is 0 Å². The van der Waals surface area contributed by atoms with Crippen molar-refractivity contribution in [1.82, 2.24) is 30.1 Å². The summed E-state index contributed by atoms with van der Waals surface area (Å²) in [7, 11) is 0. The van der Waals surface area contributed by atoms with E-state index in [1.807, 2.05) is 29.6 Å². The van der Waals surface area contributed by atoms with Crippen LogP contribution in [0.4, 0.5) is 4.79 Å². The third-order valence-electron chi connectivity index (χ3n) is 5.99. The Kier molecular flexibility index (Phi) is 5.64. The fourth-order valence-electron chi connectivity index (χ4n) is 4.25. The Hall–Kier alpha value is -2.38. The number of hydrogen-bond acceptors (Lipinski definition) is 5. The van der Waals surface area contributed by atoms with Crippen LogP contribution >= 0.6 is 0 Å². The van der Waals surface area contributed by atoms with Crippen molar-refractivity contribution in [2.24, 2.45) is 0 Å². The molecule has 0 bridgehead atoms. The van der Waals surface area contributed by atoms with Gasteiger partial charge in [0, 0.05) is 25.2 Å². The molecule has 3 heterocycles. The number of amides is 2. The number of aromatic nitrogens is 4. The van der Waals surface area contributed by atoms with Crippen LogP contribution in [0.25, 0.3) is 0 Å². The summed E-state index contributed by atoms with van der Waals surface area (Å²) in [5.74, 6) is 1.70. The van der Waals surface area contributed by atoms with E-state index in [4.69, 9.17) is 4.52 Å². The number of rotatable bonds is 4. The van der Waals surface area contributed by atoms with Crippen LogP contribution in [0.5, 0.6) is 0 Å². The lowest BCUT2D eigenvalue weighted by atomic mass is 9.89. The lowest BCUT2D eigenvalue weighted by Gasteiger charge is -2.32. The van der Waals surface area contributed by atoms with E-state index in [0.717, 1.165) is 44.6 Å². The van der Waals surface area contributed by atoms with E-state index < -0.39 is 0 Å². The van der Waals surface area contributed by atoms with E-state index >= 15 is 0 Å². The quantitative estimate of drug-likeness (QED) is 0.865. The van der Waals surface area contributed by atoms with Gasteiger partial charge in [-0.15, -0.1) is 0 Å². The zero-order valence-corrected chi connectivity index (χ0v) is 16.8. The molecule has 1 saturated carbocycles. The van der Waals surface area contributed by atoms with E-state index in [0.29, 0.717) is 17.9 Å². The summed E-state index contributed by atoms with van der Waals surface area (Å²) in [5.41, 5.74) is 1.17. The second-order valence-corrected chi connectivity index (χ2v) is 8.21. The number of nitrogens with one attached hydrogen (secondary N) is 1. The van der Waals surface area contributed by atoms with Crippen molar-refractivity contribution in [3.63, 3.8) is 0 Å². The Labute approximate surface area is 165 Å². The molecule has 8 nitrogen and oxygen atoms in total. The third kappa shape index (κ3) is 4.20. The molecule has 0 radical (unpaired) electrons. The molecule has 8 heteroatoms. The molecule has 1 aliphatic carbocycles. The highest BCUT2D eigenvalue weighted by atomic mass is 16.5. The number of carbonyl (C=O) groups is 1. The maximum atomic E-state index is 12.6. The largest absolute Gasteiger partial charge is 0.337 e. The molecule has 0 aromatic carbocycles. The molecule has 1 aliphatic heterocycles. The molecular weight excluding hydrogens is 356 g/mol. The molecule has 2 fully saturated rings. The highest BCUT2D eigenvalue weighted by Crippen LogP contribution is 2.31. The molecule has 1 unspecified atom stereocenters. The van der Waals surface area contributed by atoms with Gasteiger partial charge in [0.2, 0.25) is 5.89 Å². The molecule has 1 N–H and O–H groups in total. The summed E-state index contributed by atoms with van der Waals surface area (Å²) in [6.45, 7) is 5.39. The SMILES string of the molecule is Cc1cnn(C2CCN(C(=O)NC(C)c3nc(C4CCCCC4)no3)CC2)c1. The van der Waals surface area contributed by atoms with Crippen LogP contribution in [0, 0.1) is 6.92 Å². The number of likely N-dealkylation sites (tertiary alicyclic amines) is 1. The van der Waals surface area contributed by atoms with Gasteiger partial charge in [0.15, 0.2) is 5.82 Å². The predicted octanol–water partition coefficient (Wildman–Crippen LogP) is 3.73. The van der Waals surface area contributed by atoms with Gasteiger partial charge in [-0.1, -0.05) is 24.4 Å². The molecule has 152 valence electrons. The number of aryl methyl sites for hydroxylation is 1. The average Bonchev–Trinajstić information content (AvgIpc) is 3.38. The van der Waals surface area contributed by atoms with E-state index in [2.05, 4.69) is 26.8 Å². The lowest BCUT2D eigenvalue weighted by molar-refractivity contribution is 0.164. The molecule has 1 atom stereocenters. The van der Waals surface area contributed by atoms with Gasteiger partial charge in [-0.25, -0.2) is 4.79 Å². The lowest BCUT2D eigenvalue weighted by Crippen LogP contribution is -2.45. The van der Waals surface area contributed by atoms with Crippen molar-refractivity contribution in [3.8, 4) is 0 Å². The molecule has 2 aliphatic rings. The molecule has 28 heavy (non-hydrogen) atoms. The molecule has 0 spiro atoms. The second kappa shape index (κ2) is 8.32. The van der Waals surface area contributed by atoms with Gasteiger partial charge >= 0.3 is 6.03 Å². The van der Waals surface area contributed by atoms with Crippen molar-refractivity contribution in [1.29, 1.82) is 0 Å². The summed E-state index contributed by atoms with van der Waals surface area (Å²) in [4.78, 5) is 19.1. The fraction of sp³-hybridized carbons (Fsp3) is 0.700. The van der Waals surface area contributed by atoms with Gasteiger partial charge in [0.25, 0.3) is 0 Å². The molecular formula is C20H30N6O2. The normalized spacial score (nSPS) is 20.3. The molecule has 1 saturated heterocycles. The Balaban J connectivity index is 1.28. The average molecular weight is 387 g/mol. The standard InChI is InChI=1S/C20H30N6O2/c1-14-12-21-26(13-14)17-8-10-25(11-9-17)20(27)22-15(2)19-23-18(24-28-19)16-6-4-3-5-7-16/h12-13,15-17H,3-11H2,1-2H3,(H,22,27). The van der Waals surface area contributed by atoms with E-state index in [1.54, 1.807) is 0 Å². The molecule has 4 rings (SSSR count). The first kappa shape index (κ1) is 19.0. The summed E-state index contributed by atoms with van der Waals surface area (Å²) in [6.07, 6.45) is 11.8. The summed E-state index contributed by atoms with van der Waals surface area (Å²) >= 11 is 0. The third-order valence-corrected chi connectivity index (χ3v) is 5.99. The van der Waals surface area contributed by atoms with E-state index in [9.17, 15) is 4.79 Å². The number of carbonyl (C=O) groups excluding carboxylic acids is 1. The zero-order chi connectivity index (χ0) is 19.5. The number of urea groups is 1. The minimum atomic E-state index is -0.288. The molecule has 2 aromatic heterocycles.